The van der Waals surface area contributed by atoms with Crippen molar-refractivity contribution >= 4 is 40.4 Å². The van der Waals surface area contributed by atoms with E-state index in [0.717, 1.165) is 80.5 Å². The molecule has 3 aliphatic rings. The molecule has 1 spiro atoms. The highest BCUT2D eigenvalue weighted by Crippen LogP contribution is 2.57. The molecule has 9 rings (SSSR count). The summed E-state index contributed by atoms with van der Waals surface area (Å²) in [5.74, 6) is 0.562. The van der Waals surface area contributed by atoms with Crippen molar-refractivity contribution in [3.05, 3.63) is 171 Å². The first-order chi connectivity index (χ1) is 28.0. The minimum atomic E-state index is -1.20. The van der Waals surface area contributed by atoms with Crippen LogP contribution in [0, 0.1) is 6.92 Å². The van der Waals surface area contributed by atoms with Gasteiger partial charge in [-0.2, -0.15) is 0 Å². The normalized spacial score (nSPS) is 18.3. The monoisotopic (exact) mass is 770 g/mol. The number of rotatable bonds is 9. The molecule has 0 saturated heterocycles. The number of fused-ring (bicyclic) bond motifs is 7. The van der Waals surface area contributed by atoms with Crippen LogP contribution in [0.5, 0.6) is 11.5 Å². The Hall–Kier alpha value is -6.74. The van der Waals surface area contributed by atoms with Crippen molar-refractivity contribution in [2.24, 2.45) is 0 Å². The molecule has 2 unspecified atom stereocenters. The second-order valence-corrected chi connectivity index (χ2v) is 15.6. The number of carbonyl (C=O) groups excluding carboxylic acids is 2. The minimum Gasteiger partial charge on any atom is -0.456 e. The van der Waals surface area contributed by atoms with E-state index in [1.807, 2.05) is 154 Å². The van der Waals surface area contributed by atoms with Crippen LogP contribution in [-0.2, 0) is 20.7 Å². The lowest BCUT2D eigenvalue weighted by atomic mass is 9.77. The van der Waals surface area contributed by atoms with E-state index in [-0.39, 0.29) is 11.9 Å². The van der Waals surface area contributed by atoms with E-state index in [4.69, 9.17) is 14.2 Å². The van der Waals surface area contributed by atoms with Gasteiger partial charge in [0.25, 0.3) is 0 Å². The largest absolute Gasteiger partial charge is 0.456 e. The van der Waals surface area contributed by atoms with Gasteiger partial charge in [0.05, 0.1) is 11.1 Å². The Labute approximate surface area is 339 Å². The standard InChI is InChI=1S/C49H46N4O5/c1-8-53(9-2)36-23-25-41-45(28-36)56-44-26-30(3)43(29-42(44)49(41)39-13-11-10-12-37(39)46(54)58-49)50-33-18-14-31(15-19-33)48(32-16-20-34(21-17-32)51(4)5)40-24-22-35(52(6)7)27-38(40)47(55)57-48/h10-29,50H,8-9H2,1-7H3. The fraction of sp³-hybridized carbons (Fsp3) is 0.224. The van der Waals surface area contributed by atoms with Crippen molar-refractivity contribution in [2.45, 2.75) is 32.0 Å². The minimum absolute atomic E-state index is 0.363. The van der Waals surface area contributed by atoms with Gasteiger partial charge in [0.15, 0.2) is 11.2 Å². The van der Waals surface area contributed by atoms with Crippen molar-refractivity contribution in [1.29, 1.82) is 0 Å². The molecule has 9 heteroatoms. The Morgan fingerprint density at radius 1 is 0.552 bits per heavy atom. The summed E-state index contributed by atoms with van der Waals surface area (Å²) in [6.45, 7) is 8.00. The highest BCUT2D eigenvalue weighted by atomic mass is 16.6. The van der Waals surface area contributed by atoms with Crippen molar-refractivity contribution in [3.8, 4) is 11.5 Å². The molecule has 0 radical (unpaired) electrons. The predicted molar refractivity (Wildman–Crippen MR) is 230 cm³/mol. The number of benzene rings is 6. The van der Waals surface area contributed by atoms with E-state index in [2.05, 4.69) is 36.2 Å². The summed E-state index contributed by atoms with van der Waals surface area (Å²) in [4.78, 5) is 33.6. The van der Waals surface area contributed by atoms with Crippen LogP contribution in [0.25, 0.3) is 0 Å². The van der Waals surface area contributed by atoms with Gasteiger partial charge in [0, 0.05) is 109 Å². The maximum atomic E-state index is 13.7. The van der Waals surface area contributed by atoms with Gasteiger partial charge >= 0.3 is 11.9 Å². The quantitative estimate of drug-likeness (QED) is 0.145. The third-order valence-electron chi connectivity index (χ3n) is 11.9. The summed E-state index contributed by atoms with van der Waals surface area (Å²) in [7, 11) is 7.92. The number of esters is 2. The fourth-order valence-corrected chi connectivity index (χ4v) is 8.80. The number of cyclic esters (lactones) is 1. The number of nitrogens with one attached hydrogen (secondary N) is 1. The molecule has 6 aromatic rings. The Kier molecular flexibility index (Phi) is 8.73. The first-order valence-corrected chi connectivity index (χ1v) is 19.7. The van der Waals surface area contributed by atoms with Crippen LogP contribution in [0.1, 0.15) is 73.5 Å². The first-order valence-electron chi connectivity index (χ1n) is 19.7. The highest BCUT2D eigenvalue weighted by molar-refractivity contribution is 5.98. The van der Waals surface area contributed by atoms with E-state index in [9.17, 15) is 9.59 Å². The molecule has 3 heterocycles. The van der Waals surface area contributed by atoms with Gasteiger partial charge in [0.2, 0.25) is 0 Å². The smallest absolute Gasteiger partial charge is 0.340 e. The van der Waals surface area contributed by atoms with E-state index in [0.29, 0.717) is 22.6 Å². The van der Waals surface area contributed by atoms with Gasteiger partial charge in [-0.15, -0.1) is 0 Å². The molecule has 0 aromatic heterocycles. The number of anilines is 5. The summed E-state index contributed by atoms with van der Waals surface area (Å²) in [6, 6.07) is 40.0. The second kappa shape index (κ2) is 13.7. The fourth-order valence-electron chi connectivity index (χ4n) is 8.80. The lowest BCUT2D eigenvalue weighted by Crippen LogP contribution is -2.33. The molecule has 1 N–H and O–H groups in total. The molecule has 0 fully saturated rings. The van der Waals surface area contributed by atoms with Gasteiger partial charge in [-0.05, 0) is 93.1 Å². The Bertz CT molecular complexity index is 2610. The van der Waals surface area contributed by atoms with Crippen molar-refractivity contribution in [3.63, 3.8) is 0 Å². The van der Waals surface area contributed by atoms with Crippen LogP contribution in [-0.4, -0.2) is 53.2 Å². The molecule has 6 aromatic carbocycles. The zero-order valence-electron chi connectivity index (χ0n) is 33.8. The number of ether oxygens (including phenoxy) is 3. The molecule has 0 bridgehead atoms. The molecule has 3 aliphatic heterocycles. The zero-order chi connectivity index (χ0) is 40.5. The first kappa shape index (κ1) is 36.9. The van der Waals surface area contributed by atoms with Crippen LogP contribution in [0.15, 0.2) is 121 Å². The van der Waals surface area contributed by atoms with Crippen LogP contribution in [0.4, 0.5) is 28.4 Å². The second-order valence-electron chi connectivity index (χ2n) is 15.6. The lowest BCUT2D eigenvalue weighted by Gasteiger charge is -2.37. The molecule has 2 atom stereocenters. The number of carbonyl (C=O) groups is 2. The summed E-state index contributed by atoms with van der Waals surface area (Å²) < 4.78 is 19.7. The Morgan fingerprint density at radius 3 is 1.81 bits per heavy atom. The Morgan fingerprint density at radius 2 is 1.12 bits per heavy atom. The van der Waals surface area contributed by atoms with E-state index < -0.39 is 11.2 Å². The summed E-state index contributed by atoms with van der Waals surface area (Å²) in [6.07, 6.45) is 0. The number of nitrogens with zero attached hydrogens (tertiary/aromatic N) is 3. The van der Waals surface area contributed by atoms with Crippen LogP contribution >= 0.6 is 0 Å². The molecule has 0 aliphatic carbocycles. The molecule has 292 valence electrons. The van der Waals surface area contributed by atoms with Crippen molar-refractivity contribution in [2.75, 3.05) is 61.3 Å². The predicted octanol–water partition coefficient (Wildman–Crippen LogP) is 9.75. The van der Waals surface area contributed by atoms with Crippen molar-refractivity contribution in [1.82, 2.24) is 0 Å². The number of hydrogen-bond donors (Lipinski definition) is 1. The number of aryl methyl sites for hydroxylation is 1. The van der Waals surface area contributed by atoms with E-state index >= 15 is 0 Å². The molecule has 0 saturated carbocycles. The maximum absolute atomic E-state index is 13.7. The van der Waals surface area contributed by atoms with Crippen LogP contribution in [0.3, 0.4) is 0 Å². The van der Waals surface area contributed by atoms with Gasteiger partial charge in [0.1, 0.15) is 11.5 Å². The SMILES string of the molecule is CCN(CC)c1ccc2c(c1)Oc1cc(C)c(Nc3ccc(C4(c5ccc(N(C)C)cc5)OC(=O)c5cc(N(C)C)ccc54)cc3)cc1C21OC(=O)c2ccccc21. The third kappa shape index (κ3) is 5.51. The number of hydrogen-bond acceptors (Lipinski definition) is 9. The van der Waals surface area contributed by atoms with Crippen molar-refractivity contribution < 1.29 is 23.8 Å². The average Bonchev–Trinajstić information content (AvgIpc) is 3.70. The van der Waals surface area contributed by atoms with Gasteiger partial charge < -0.3 is 34.2 Å². The average molecular weight is 771 g/mol. The molecule has 0 amide bonds. The van der Waals surface area contributed by atoms with E-state index in [1.165, 1.54) is 0 Å². The molecule has 58 heavy (non-hydrogen) atoms. The van der Waals surface area contributed by atoms with Gasteiger partial charge in [-0.3, -0.25) is 0 Å². The van der Waals surface area contributed by atoms with Gasteiger partial charge in [-0.25, -0.2) is 9.59 Å². The van der Waals surface area contributed by atoms with Crippen LogP contribution in [0.2, 0.25) is 0 Å². The Balaban J connectivity index is 1.12. The molecule has 9 nitrogen and oxygen atoms in total. The van der Waals surface area contributed by atoms with E-state index in [1.54, 1.807) is 0 Å². The zero-order valence-corrected chi connectivity index (χ0v) is 33.8. The van der Waals surface area contributed by atoms with Crippen LogP contribution < -0.4 is 24.8 Å². The molecular formula is C49H46N4O5. The third-order valence-corrected chi connectivity index (χ3v) is 11.9. The summed E-state index contributed by atoms with van der Waals surface area (Å²) in [5.41, 5.74) is 9.14. The topological polar surface area (TPSA) is 83.6 Å². The maximum Gasteiger partial charge on any atom is 0.340 e. The van der Waals surface area contributed by atoms with Gasteiger partial charge in [-0.1, -0.05) is 48.5 Å². The lowest BCUT2D eigenvalue weighted by molar-refractivity contribution is 0.0221. The highest BCUT2D eigenvalue weighted by Gasteiger charge is 2.54. The molecular weight excluding hydrogens is 725 g/mol. The summed E-state index contributed by atoms with van der Waals surface area (Å²) in [5, 5.41) is 3.64. The summed E-state index contributed by atoms with van der Waals surface area (Å²) >= 11 is 0.